The molecule has 0 bridgehead atoms. The number of hydrogen-bond donors (Lipinski definition) is 0. The monoisotopic (exact) mass is 455 g/mol. The quantitative estimate of drug-likeness (QED) is 0.598. The molecule has 0 aromatic heterocycles. The van der Waals surface area contributed by atoms with Crippen LogP contribution in [-0.2, 0) is 25.8 Å². The number of sulfone groups is 1. The van der Waals surface area contributed by atoms with E-state index in [0.29, 0.717) is 18.4 Å². The van der Waals surface area contributed by atoms with Crippen LogP contribution in [0.25, 0.3) is 0 Å². The zero-order chi connectivity index (χ0) is 22.6. The Kier molecular flexibility index (Phi) is 6.94. The second kappa shape index (κ2) is 9.86. The van der Waals surface area contributed by atoms with Crippen molar-refractivity contribution >= 4 is 21.7 Å². The van der Waals surface area contributed by atoms with Crippen molar-refractivity contribution in [3.8, 4) is 0 Å². The van der Waals surface area contributed by atoms with Gasteiger partial charge >= 0.3 is 5.97 Å². The van der Waals surface area contributed by atoms with E-state index < -0.39 is 15.8 Å². The molecule has 1 saturated heterocycles. The number of carbonyl (C=O) groups is 2. The van der Waals surface area contributed by atoms with Gasteiger partial charge in [0, 0.05) is 12.1 Å². The van der Waals surface area contributed by atoms with Crippen LogP contribution in [0.15, 0.2) is 54.6 Å². The smallest absolute Gasteiger partial charge is 0.338 e. The molecule has 2 aromatic carbocycles. The Hall–Kier alpha value is -2.67. The molecule has 0 radical (unpaired) electrons. The van der Waals surface area contributed by atoms with Gasteiger partial charge < -0.3 is 9.64 Å². The third-order valence-corrected chi connectivity index (χ3v) is 8.16. The van der Waals surface area contributed by atoms with Crippen molar-refractivity contribution < 1.29 is 22.7 Å². The second-order valence-electron chi connectivity index (χ2n) is 8.69. The maximum Gasteiger partial charge on any atom is 0.338 e. The largest absolute Gasteiger partial charge is 0.452 e. The Morgan fingerprint density at radius 1 is 0.906 bits per heavy atom. The van der Waals surface area contributed by atoms with Gasteiger partial charge in [-0.25, -0.2) is 13.2 Å². The lowest BCUT2D eigenvalue weighted by Gasteiger charge is -2.33. The number of amides is 1. The van der Waals surface area contributed by atoms with Crippen molar-refractivity contribution in [2.24, 2.45) is 0 Å². The van der Waals surface area contributed by atoms with Crippen LogP contribution >= 0.6 is 0 Å². The van der Waals surface area contributed by atoms with Gasteiger partial charge in [-0.2, -0.15) is 0 Å². The van der Waals surface area contributed by atoms with Crippen molar-refractivity contribution in [2.75, 3.05) is 18.1 Å². The summed E-state index contributed by atoms with van der Waals surface area (Å²) in [7, 11) is -3.11. The van der Waals surface area contributed by atoms with Gasteiger partial charge in [0.15, 0.2) is 16.4 Å². The first-order valence-corrected chi connectivity index (χ1v) is 13.1. The number of nitrogens with zero attached hydrogens (tertiary/aromatic N) is 1. The average molecular weight is 456 g/mol. The highest BCUT2D eigenvalue weighted by atomic mass is 32.2. The predicted molar refractivity (Wildman–Crippen MR) is 122 cm³/mol. The molecule has 6 nitrogen and oxygen atoms in total. The van der Waals surface area contributed by atoms with Gasteiger partial charge in [-0.05, 0) is 42.9 Å². The Balaban J connectivity index is 1.44. The molecule has 1 amide bonds. The van der Waals surface area contributed by atoms with E-state index in [4.69, 9.17) is 4.74 Å². The minimum absolute atomic E-state index is 0.00307. The maximum absolute atomic E-state index is 13.1. The number of hydrogen-bond acceptors (Lipinski definition) is 5. The first-order valence-electron chi connectivity index (χ1n) is 11.2. The third kappa shape index (κ3) is 5.38. The van der Waals surface area contributed by atoms with Crippen LogP contribution in [0.4, 0.5) is 0 Å². The van der Waals surface area contributed by atoms with E-state index in [9.17, 15) is 18.0 Å². The van der Waals surface area contributed by atoms with E-state index in [1.165, 1.54) is 0 Å². The molecule has 32 heavy (non-hydrogen) atoms. The van der Waals surface area contributed by atoms with E-state index >= 15 is 0 Å². The lowest BCUT2D eigenvalue weighted by atomic mass is 10.00. The van der Waals surface area contributed by atoms with E-state index in [-0.39, 0.29) is 36.1 Å². The SMILES string of the molecule is O=C(OCC(=O)N(C1CCCC1)C1CCS(=O)(=O)C1)c1ccccc1Cc1ccccc1. The topological polar surface area (TPSA) is 80.8 Å². The van der Waals surface area contributed by atoms with Gasteiger partial charge in [-0.3, -0.25) is 4.79 Å². The van der Waals surface area contributed by atoms with Gasteiger partial charge in [0.25, 0.3) is 5.91 Å². The van der Waals surface area contributed by atoms with Crippen molar-refractivity contribution in [1.82, 2.24) is 4.90 Å². The number of esters is 1. The fourth-order valence-corrected chi connectivity index (χ4v) is 6.56. The highest BCUT2D eigenvalue weighted by molar-refractivity contribution is 7.91. The molecule has 1 aliphatic carbocycles. The summed E-state index contributed by atoms with van der Waals surface area (Å²) in [6.07, 6.45) is 4.85. The Morgan fingerprint density at radius 3 is 2.28 bits per heavy atom. The number of ether oxygens (including phenoxy) is 1. The molecule has 4 rings (SSSR count). The highest BCUT2D eigenvalue weighted by Gasteiger charge is 2.39. The molecular formula is C25H29NO5S. The number of carbonyl (C=O) groups excluding carboxylic acids is 2. The molecular weight excluding hydrogens is 426 g/mol. The zero-order valence-corrected chi connectivity index (χ0v) is 18.9. The Labute approximate surface area is 189 Å². The molecule has 1 saturated carbocycles. The van der Waals surface area contributed by atoms with Crippen LogP contribution in [0.2, 0.25) is 0 Å². The molecule has 7 heteroatoms. The molecule has 2 fully saturated rings. The van der Waals surface area contributed by atoms with Gasteiger partial charge in [0.2, 0.25) is 0 Å². The van der Waals surface area contributed by atoms with Crippen LogP contribution < -0.4 is 0 Å². The summed E-state index contributed by atoms with van der Waals surface area (Å²) in [5, 5.41) is 0. The van der Waals surface area contributed by atoms with E-state index in [1.54, 1.807) is 17.0 Å². The standard InChI is InChI=1S/C25H29NO5S/c27-24(26(21-11-5-6-12-21)22-14-15-32(29,30)18-22)17-31-25(28)23-13-7-4-10-20(23)16-19-8-2-1-3-9-19/h1-4,7-10,13,21-22H,5-6,11-12,14-18H2. The first kappa shape index (κ1) is 22.5. The average Bonchev–Trinajstić information content (AvgIpc) is 3.43. The fourth-order valence-electron chi connectivity index (χ4n) is 4.85. The van der Waals surface area contributed by atoms with Gasteiger partial charge in [0.1, 0.15) is 0 Å². The van der Waals surface area contributed by atoms with E-state index in [2.05, 4.69) is 0 Å². The summed E-state index contributed by atoms with van der Waals surface area (Å²) in [5.41, 5.74) is 2.37. The van der Waals surface area contributed by atoms with Crippen molar-refractivity contribution in [2.45, 2.75) is 50.6 Å². The van der Waals surface area contributed by atoms with Crippen LogP contribution in [0.3, 0.4) is 0 Å². The molecule has 0 spiro atoms. The normalized spacial score (nSPS) is 20.2. The molecule has 1 aliphatic heterocycles. The summed E-state index contributed by atoms with van der Waals surface area (Å²) in [6, 6.07) is 16.8. The number of benzene rings is 2. The van der Waals surface area contributed by atoms with Gasteiger partial charge in [0.05, 0.1) is 17.1 Å². The van der Waals surface area contributed by atoms with Gasteiger partial charge in [-0.15, -0.1) is 0 Å². The van der Waals surface area contributed by atoms with E-state index in [1.807, 2.05) is 42.5 Å². The molecule has 1 unspecified atom stereocenters. The van der Waals surface area contributed by atoms with Crippen LogP contribution in [-0.4, -0.2) is 55.4 Å². The summed E-state index contributed by atoms with van der Waals surface area (Å²) >= 11 is 0. The summed E-state index contributed by atoms with van der Waals surface area (Å²) in [5.74, 6) is -0.715. The minimum Gasteiger partial charge on any atom is -0.452 e. The molecule has 0 N–H and O–H groups in total. The summed E-state index contributed by atoms with van der Waals surface area (Å²) < 4.78 is 29.4. The molecule has 2 aliphatic rings. The van der Waals surface area contributed by atoms with Crippen molar-refractivity contribution in [3.05, 3.63) is 71.3 Å². The van der Waals surface area contributed by atoms with Crippen LogP contribution in [0.1, 0.15) is 53.6 Å². The van der Waals surface area contributed by atoms with E-state index in [0.717, 1.165) is 36.8 Å². The van der Waals surface area contributed by atoms with Gasteiger partial charge in [-0.1, -0.05) is 61.4 Å². The van der Waals surface area contributed by atoms with Crippen LogP contribution in [0.5, 0.6) is 0 Å². The number of rotatable bonds is 7. The molecule has 1 atom stereocenters. The van der Waals surface area contributed by atoms with Crippen LogP contribution in [0, 0.1) is 0 Å². The summed E-state index contributed by atoms with van der Waals surface area (Å²) in [4.78, 5) is 27.6. The maximum atomic E-state index is 13.1. The lowest BCUT2D eigenvalue weighted by Crippen LogP contribution is -2.48. The van der Waals surface area contributed by atoms with Crippen molar-refractivity contribution in [3.63, 3.8) is 0 Å². The first-order chi connectivity index (χ1) is 15.4. The second-order valence-corrected chi connectivity index (χ2v) is 10.9. The third-order valence-electron chi connectivity index (χ3n) is 6.41. The Bertz CT molecular complexity index is 1060. The molecule has 1 heterocycles. The Morgan fingerprint density at radius 2 is 1.59 bits per heavy atom. The predicted octanol–water partition coefficient (Wildman–Crippen LogP) is 3.39. The zero-order valence-electron chi connectivity index (χ0n) is 18.1. The molecule has 170 valence electrons. The summed E-state index contributed by atoms with van der Waals surface area (Å²) in [6.45, 7) is -0.369. The van der Waals surface area contributed by atoms with Crippen molar-refractivity contribution in [1.29, 1.82) is 0 Å². The minimum atomic E-state index is -3.11. The highest BCUT2D eigenvalue weighted by Crippen LogP contribution is 2.29. The molecule has 2 aromatic rings. The fraction of sp³-hybridized carbons (Fsp3) is 0.440. The lowest BCUT2D eigenvalue weighted by molar-refractivity contribution is -0.139.